The Hall–Kier alpha value is -1.56. The molecule has 138 valence electrons. The smallest absolute Gasteiger partial charge is 0.255 e. The number of rotatable bonds is 5. The van der Waals surface area contributed by atoms with Gasteiger partial charge in [0.05, 0.1) is 15.6 Å². The fourth-order valence-corrected chi connectivity index (χ4v) is 4.27. The second-order valence-corrected chi connectivity index (χ2v) is 8.53. The number of carbonyl (C=O) groups is 2. The van der Waals surface area contributed by atoms with Crippen molar-refractivity contribution in [1.82, 2.24) is 4.90 Å². The van der Waals surface area contributed by atoms with Crippen LogP contribution < -0.4 is 5.32 Å². The molecule has 1 saturated heterocycles. The summed E-state index contributed by atoms with van der Waals surface area (Å²) >= 11 is 13.5. The number of piperidine rings is 1. The molecular formula is C19H20Cl2N2O2S. The van der Waals surface area contributed by atoms with Crippen molar-refractivity contribution in [3.05, 3.63) is 50.1 Å². The fourth-order valence-electron chi connectivity index (χ4n) is 3.01. The summed E-state index contributed by atoms with van der Waals surface area (Å²) in [6.07, 6.45) is 4.12. The van der Waals surface area contributed by atoms with Gasteiger partial charge in [-0.05, 0) is 56.0 Å². The van der Waals surface area contributed by atoms with Gasteiger partial charge in [0.2, 0.25) is 5.91 Å². The predicted octanol–water partition coefficient (Wildman–Crippen LogP) is 5.25. The number of benzene rings is 1. The second-order valence-electron chi connectivity index (χ2n) is 6.30. The summed E-state index contributed by atoms with van der Waals surface area (Å²) in [6.45, 7) is 1.52. The molecule has 2 aromatic rings. The standard InChI is InChI=1S/C19H20Cl2N2O2S/c20-13-4-7-15(19(25)23-10-2-1-3-11-23)16(12-13)22-18(24)9-6-14-5-8-17(21)26-14/h4-5,7-8,12H,1-3,6,9-11H2,(H,22,24). The maximum Gasteiger partial charge on any atom is 0.255 e. The minimum absolute atomic E-state index is 0.0540. The van der Waals surface area contributed by atoms with E-state index in [9.17, 15) is 9.59 Å². The first-order chi connectivity index (χ1) is 12.5. The van der Waals surface area contributed by atoms with Gasteiger partial charge in [-0.3, -0.25) is 9.59 Å². The maximum atomic E-state index is 12.8. The molecule has 4 nitrogen and oxygen atoms in total. The van der Waals surface area contributed by atoms with Crippen LogP contribution in [0.1, 0.15) is 40.9 Å². The first kappa shape index (κ1) is 19.2. The van der Waals surface area contributed by atoms with Gasteiger partial charge in [0.15, 0.2) is 0 Å². The maximum absolute atomic E-state index is 12.8. The molecule has 0 atom stereocenters. The lowest BCUT2D eigenvalue weighted by molar-refractivity contribution is -0.116. The minimum atomic E-state index is -0.149. The van der Waals surface area contributed by atoms with Gasteiger partial charge >= 0.3 is 0 Å². The quantitative estimate of drug-likeness (QED) is 0.731. The molecule has 1 aliphatic heterocycles. The van der Waals surface area contributed by atoms with Crippen molar-refractivity contribution < 1.29 is 9.59 Å². The van der Waals surface area contributed by atoms with E-state index in [1.165, 1.54) is 11.3 Å². The number of amides is 2. The lowest BCUT2D eigenvalue weighted by atomic mass is 10.1. The van der Waals surface area contributed by atoms with E-state index in [0.29, 0.717) is 33.5 Å². The molecule has 0 unspecified atom stereocenters. The Morgan fingerprint density at radius 2 is 1.85 bits per heavy atom. The minimum Gasteiger partial charge on any atom is -0.339 e. The Balaban J connectivity index is 1.68. The zero-order valence-corrected chi connectivity index (χ0v) is 16.6. The molecular weight excluding hydrogens is 391 g/mol. The molecule has 1 aromatic carbocycles. The molecule has 0 aliphatic carbocycles. The number of anilines is 1. The average Bonchev–Trinajstić information content (AvgIpc) is 3.06. The van der Waals surface area contributed by atoms with E-state index in [0.717, 1.165) is 37.2 Å². The van der Waals surface area contributed by atoms with Crippen molar-refractivity contribution in [1.29, 1.82) is 0 Å². The summed E-state index contributed by atoms with van der Waals surface area (Å²) in [5.74, 6) is -0.203. The number of halogens is 2. The number of hydrogen-bond donors (Lipinski definition) is 1. The molecule has 2 amide bonds. The van der Waals surface area contributed by atoms with Crippen molar-refractivity contribution in [2.24, 2.45) is 0 Å². The van der Waals surface area contributed by atoms with Crippen molar-refractivity contribution in [2.75, 3.05) is 18.4 Å². The average molecular weight is 411 g/mol. The Morgan fingerprint density at radius 1 is 1.08 bits per heavy atom. The third-order valence-electron chi connectivity index (χ3n) is 4.36. The third-order valence-corrected chi connectivity index (χ3v) is 5.88. The molecule has 0 saturated carbocycles. The number of thiophene rings is 1. The molecule has 1 aromatic heterocycles. The van der Waals surface area contributed by atoms with E-state index >= 15 is 0 Å². The van der Waals surface area contributed by atoms with Crippen LogP contribution in [0.15, 0.2) is 30.3 Å². The molecule has 2 heterocycles. The summed E-state index contributed by atoms with van der Waals surface area (Å²) in [6, 6.07) is 8.76. The number of hydrogen-bond acceptors (Lipinski definition) is 3. The van der Waals surface area contributed by atoms with Crippen molar-refractivity contribution in [2.45, 2.75) is 32.1 Å². The SMILES string of the molecule is O=C(CCc1ccc(Cl)s1)Nc1cc(Cl)ccc1C(=O)N1CCCCC1. The van der Waals surface area contributed by atoms with Crippen LogP contribution >= 0.6 is 34.5 Å². The van der Waals surface area contributed by atoms with Crippen molar-refractivity contribution in [3.63, 3.8) is 0 Å². The van der Waals surface area contributed by atoms with Crippen LogP contribution in [0.3, 0.4) is 0 Å². The highest BCUT2D eigenvalue weighted by Crippen LogP contribution is 2.25. The van der Waals surface area contributed by atoms with Crippen LogP contribution in [0.2, 0.25) is 9.36 Å². The number of carbonyl (C=O) groups excluding carboxylic acids is 2. The van der Waals surface area contributed by atoms with E-state index in [-0.39, 0.29) is 11.8 Å². The highest BCUT2D eigenvalue weighted by atomic mass is 35.5. The van der Waals surface area contributed by atoms with Crippen LogP contribution in [0.5, 0.6) is 0 Å². The monoisotopic (exact) mass is 410 g/mol. The zero-order valence-electron chi connectivity index (χ0n) is 14.3. The third kappa shape index (κ3) is 5.00. The van der Waals surface area contributed by atoms with Crippen LogP contribution in [0.4, 0.5) is 5.69 Å². The van der Waals surface area contributed by atoms with Crippen molar-refractivity contribution >= 4 is 52.0 Å². The largest absolute Gasteiger partial charge is 0.339 e. The molecule has 0 bridgehead atoms. The summed E-state index contributed by atoms with van der Waals surface area (Å²) < 4.78 is 0.713. The van der Waals surface area contributed by atoms with Crippen LogP contribution in [0.25, 0.3) is 0 Å². The lowest BCUT2D eigenvalue weighted by Gasteiger charge is -2.27. The number of aryl methyl sites for hydroxylation is 1. The van der Waals surface area contributed by atoms with Gasteiger partial charge in [-0.2, -0.15) is 0 Å². The summed E-state index contributed by atoms with van der Waals surface area (Å²) in [7, 11) is 0. The first-order valence-corrected chi connectivity index (χ1v) is 10.2. The van der Waals surface area contributed by atoms with Gasteiger partial charge in [0.1, 0.15) is 0 Å². The highest BCUT2D eigenvalue weighted by Gasteiger charge is 2.21. The normalized spacial score (nSPS) is 14.3. The molecule has 0 radical (unpaired) electrons. The van der Waals surface area contributed by atoms with E-state index in [2.05, 4.69) is 5.32 Å². The van der Waals surface area contributed by atoms with Crippen LogP contribution in [0, 0.1) is 0 Å². The predicted molar refractivity (Wildman–Crippen MR) is 107 cm³/mol. The molecule has 1 N–H and O–H groups in total. The van der Waals surface area contributed by atoms with E-state index in [1.54, 1.807) is 18.2 Å². The Labute approximate surface area is 167 Å². The van der Waals surface area contributed by atoms with Crippen molar-refractivity contribution in [3.8, 4) is 0 Å². The number of likely N-dealkylation sites (tertiary alicyclic amines) is 1. The summed E-state index contributed by atoms with van der Waals surface area (Å²) in [5.41, 5.74) is 0.964. The zero-order chi connectivity index (χ0) is 18.5. The number of nitrogens with one attached hydrogen (secondary N) is 1. The van der Waals surface area contributed by atoms with Crippen LogP contribution in [-0.2, 0) is 11.2 Å². The topological polar surface area (TPSA) is 49.4 Å². The summed E-state index contributed by atoms with van der Waals surface area (Å²) in [4.78, 5) is 28.1. The number of nitrogens with zero attached hydrogens (tertiary/aromatic N) is 1. The molecule has 7 heteroatoms. The van der Waals surface area contributed by atoms with Gasteiger partial charge in [-0.15, -0.1) is 11.3 Å². The van der Waals surface area contributed by atoms with Crippen LogP contribution in [-0.4, -0.2) is 29.8 Å². The van der Waals surface area contributed by atoms with Gasteiger partial charge < -0.3 is 10.2 Å². The summed E-state index contributed by atoms with van der Waals surface area (Å²) in [5, 5.41) is 3.34. The van der Waals surface area contributed by atoms with Gasteiger partial charge in [-0.1, -0.05) is 23.2 Å². The Morgan fingerprint density at radius 3 is 2.54 bits per heavy atom. The Kier molecular flexibility index (Phi) is 6.57. The molecule has 0 spiro atoms. The highest BCUT2D eigenvalue weighted by molar-refractivity contribution is 7.16. The van der Waals surface area contributed by atoms with E-state index in [1.807, 2.05) is 17.0 Å². The molecule has 1 fully saturated rings. The van der Waals surface area contributed by atoms with Gasteiger partial charge in [-0.25, -0.2) is 0 Å². The Bertz CT molecular complexity index is 801. The fraction of sp³-hybridized carbons (Fsp3) is 0.368. The molecule has 26 heavy (non-hydrogen) atoms. The lowest BCUT2D eigenvalue weighted by Crippen LogP contribution is -2.36. The van der Waals surface area contributed by atoms with Gasteiger partial charge in [0, 0.05) is 29.4 Å². The second kappa shape index (κ2) is 8.89. The van der Waals surface area contributed by atoms with Gasteiger partial charge in [0.25, 0.3) is 5.91 Å². The first-order valence-electron chi connectivity index (χ1n) is 8.66. The molecule has 3 rings (SSSR count). The van der Waals surface area contributed by atoms with E-state index < -0.39 is 0 Å². The molecule has 1 aliphatic rings. The van der Waals surface area contributed by atoms with E-state index in [4.69, 9.17) is 23.2 Å².